The van der Waals surface area contributed by atoms with Gasteiger partial charge in [-0.3, -0.25) is 0 Å². The summed E-state index contributed by atoms with van der Waals surface area (Å²) in [5.74, 6) is -3.91. The van der Waals surface area contributed by atoms with Gasteiger partial charge in [-0.2, -0.15) is 0 Å². The number of hydrogen-bond acceptors (Lipinski definition) is 12. The number of benzene rings is 1. The number of fused-ring (bicyclic) bond motifs is 2. The number of rotatable bonds is 27. The zero-order valence-electron chi connectivity index (χ0n) is 41.0. The monoisotopic (exact) mass is 922 g/mol. The van der Waals surface area contributed by atoms with Crippen LogP contribution in [0.2, 0.25) is 0 Å². The molecule has 66 heavy (non-hydrogen) atoms. The van der Waals surface area contributed by atoms with Crippen molar-refractivity contribution < 1.29 is 53.3 Å². The van der Waals surface area contributed by atoms with Gasteiger partial charge in [0.1, 0.15) is 23.9 Å². The molecule has 7 bridgehead atoms. The van der Waals surface area contributed by atoms with Crippen LogP contribution in [0.15, 0.2) is 54.6 Å². The van der Waals surface area contributed by atoms with Gasteiger partial charge >= 0.3 is 11.9 Å². The quantitative estimate of drug-likeness (QED) is 0.0339. The average Bonchev–Trinajstić information content (AvgIpc) is 3.70. The minimum atomic E-state index is -1.87. The summed E-state index contributed by atoms with van der Waals surface area (Å²) in [6, 6.07) is 8.20. The molecule has 12 heteroatoms. The summed E-state index contributed by atoms with van der Waals surface area (Å²) >= 11 is 0. The zero-order valence-corrected chi connectivity index (χ0v) is 41.0. The molecule has 1 aromatic carbocycles. The molecular weight excluding hydrogens is 839 g/mol. The van der Waals surface area contributed by atoms with Crippen LogP contribution in [0.1, 0.15) is 139 Å². The van der Waals surface area contributed by atoms with E-state index in [-0.39, 0.29) is 13.0 Å². The number of aliphatic hydroxyl groups excluding tert-OH is 2. The predicted molar refractivity (Wildman–Crippen MR) is 253 cm³/mol. The van der Waals surface area contributed by atoms with Gasteiger partial charge in [-0.15, -0.1) is 0 Å². The Balaban J connectivity index is 1.08. The average molecular weight is 922 g/mol. The third-order valence-corrected chi connectivity index (χ3v) is 17.5. The molecular formula is C54H83NO11. The highest BCUT2D eigenvalue weighted by atomic mass is 16.6. The van der Waals surface area contributed by atoms with Gasteiger partial charge in [0.05, 0.1) is 30.5 Å². The fraction of sp³-hybridized carbons (Fsp3) is 0.778. The Morgan fingerprint density at radius 2 is 1.41 bits per heavy atom. The number of allylic oxidation sites excluding steroid dienone is 3. The smallest absolute Gasteiger partial charge is 0.338 e. The van der Waals surface area contributed by atoms with Crippen LogP contribution in [-0.4, -0.2) is 135 Å². The minimum absolute atomic E-state index is 0.0558. The van der Waals surface area contributed by atoms with Crippen LogP contribution in [0, 0.1) is 34.5 Å². The first-order chi connectivity index (χ1) is 32.0. The maximum atomic E-state index is 14.4. The Morgan fingerprint density at radius 1 is 0.788 bits per heavy atom. The summed E-state index contributed by atoms with van der Waals surface area (Å²) in [7, 11) is 8.32. The maximum absolute atomic E-state index is 14.4. The standard InChI is InChI=1S/C54H83NO11/c1-7-8-9-10-11-12-13-14-15-16-17-18-19-20-21-22-23-24-25-29-32-41(57)66-54-42-38(34-52(60,49(64-6)47(54)58)48(42)65-50(59)37-30-27-26-28-31-37)53-40(62-4)33-39(56)51(36-61-3)35-55(2)46(53)43(54)44(63-5)45(51)53/h24-32,38-40,42-49,56,58,60H,7-23,33-36H2,1-6H3/b25-24+,32-29+/t38-,39-,40+,42-,43+,44+,45-,46?,47+,48-,49+,51+,52-,53+,54-/m1/s1. The van der Waals surface area contributed by atoms with Crippen LogP contribution >= 0.6 is 0 Å². The van der Waals surface area contributed by atoms with Crippen molar-refractivity contribution >= 4 is 11.9 Å². The van der Waals surface area contributed by atoms with Gasteiger partial charge in [0, 0.05) is 82.1 Å². The molecule has 0 aromatic heterocycles. The summed E-state index contributed by atoms with van der Waals surface area (Å²) < 4.78 is 38.4. The molecule has 1 saturated heterocycles. The summed E-state index contributed by atoms with van der Waals surface area (Å²) in [6.07, 6.45) is 23.3. The zero-order chi connectivity index (χ0) is 47.1. The van der Waals surface area contributed by atoms with E-state index in [2.05, 4.69) is 17.9 Å². The molecule has 1 unspecified atom stereocenters. The lowest BCUT2D eigenvalue weighted by molar-refractivity contribution is -0.320. The fourth-order valence-corrected chi connectivity index (χ4v) is 15.3. The molecule has 1 aliphatic heterocycles. The van der Waals surface area contributed by atoms with Crippen molar-refractivity contribution in [3.05, 3.63) is 60.2 Å². The number of likely N-dealkylation sites (tertiary alicyclic amines) is 1. The lowest BCUT2D eigenvalue weighted by Crippen LogP contribution is -2.81. The maximum Gasteiger partial charge on any atom is 0.338 e. The second-order valence-electron chi connectivity index (χ2n) is 21.0. The number of ether oxygens (including phenoxy) is 6. The normalized spacial score (nSPS) is 38.7. The van der Waals surface area contributed by atoms with Crippen molar-refractivity contribution in [1.82, 2.24) is 4.90 Å². The third kappa shape index (κ3) is 8.90. The van der Waals surface area contributed by atoms with Crippen LogP contribution in [0.5, 0.6) is 0 Å². The summed E-state index contributed by atoms with van der Waals surface area (Å²) in [6.45, 7) is 2.95. The first-order valence-corrected chi connectivity index (χ1v) is 25.7. The number of carbonyl (C=O) groups is 2. The predicted octanol–water partition coefficient (Wildman–Crippen LogP) is 8.00. The number of unbranched alkanes of at least 4 members (excludes halogenated alkanes) is 16. The van der Waals surface area contributed by atoms with Gasteiger partial charge in [0.25, 0.3) is 0 Å². The van der Waals surface area contributed by atoms with Crippen molar-refractivity contribution in [2.45, 2.75) is 183 Å². The van der Waals surface area contributed by atoms with Gasteiger partial charge in [-0.25, -0.2) is 9.59 Å². The number of piperidine rings is 1. The van der Waals surface area contributed by atoms with Gasteiger partial charge in [0.2, 0.25) is 0 Å². The topological polar surface area (TPSA) is 153 Å². The molecule has 0 radical (unpaired) electrons. The van der Waals surface area contributed by atoms with Crippen LogP contribution in [0.3, 0.4) is 0 Å². The molecule has 1 heterocycles. The first kappa shape index (κ1) is 51.2. The Bertz CT molecular complexity index is 1790. The van der Waals surface area contributed by atoms with Crippen LogP contribution < -0.4 is 0 Å². The van der Waals surface area contributed by atoms with E-state index in [9.17, 15) is 24.9 Å². The molecule has 1 aromatic rings. The number of nitrogens with zero attached hydrogens (tertiary/aromatic N) is 1. The molecule has 0 amide bonds. The Hall–Kier alpha value is -2.68. The van der Waals surface area contributed by atoms with Crippen molar-refractivity contribution in [3.8, 4) is 0 Å². The summed E-state index contributed by atoms with van der Waals surface area (Å²) in [5, 5.41) is 38.2. The van der Waals surface area contributed by atoms with Gasteiger partial charge < -0.3 is 48.6 Å². The van der Waals surface area contributed by atoms with E-state index in [1.54, 1.807) is 57.7 Å². The summed E-state index contributed by atoms with van der Waals surface area (Å²) in [5.41, 5.74) is -5.01. The molecule has 3 N–H and O–H groups in total. The molecule has 5 aliphatic carbocycles. The van der Waals surface area contributed by atoms with Crippen molar-refractivity contribution in [2.75, 3.05) is 48.6 Å². The highest BCUT2D eigenvalue weighted by Crippen LogP contribution is 2.80. The Morgan fingerprint density at radius 3 is 1.98 bits per heavy atom. The SMILES string of the molecule is CCCCCCCCCCCCCCCCCC/C=C/C=C/C(=O)O[C@]12[C@H]3[C@@H](OC(=O)c4ccccc4)[C@](O)(C[C@H]3[C@@]34C5[C@@H]1[C@H](OC)[C@@H]3[C@](COC)(CN5C)[C@H](O)C[C@@H]4OC)[C@@H](OC)[C@@H]2O. The van der Waals surface area contributed by atoms with Crippen molar-refractivity contribution in [3.63, 3.8) is 0 Å². The number of methoxy groups -OCH3 is 4. The van der Waals surface area contributed by atoms with E-state index in [1.165, 1.54) is 109 Å². The minimum Gasteiger partial charge on any atom is -0.455 e. The van der Waals surface area contributed by atoms with E-state index in [0.717, 1.165) is 12.8 Å². The number of carbonyl (C=O) groups excluding carboxylic acids is 2. The van der Waals surface area contributed by atoms with E-state index in [4.69, 9.17) is 28.4 Å². The highest BCUT2D eigenvalue weighted by Gasteiger charge is 2.92. The third-order valence-electron chi connectivity index (χ3n) is 17.5. The van der Waals surface area contributed by atoms with E-state index in [1.807, 2.05) is 13.1 Å². The molecule has 7 rings (SSSR count). The van der Waals surface area contributed by atoms with E-state index in [0.29, 0.717) is 18.5 Å². The fourth-order valence-electron chi connectivity index (χ4n) is 15.3. The molecule has 1 spiro atoms. The van der Waals surface area contributed by atoms with Crippen LogP contribution in [-0.2, 0) is 33.2 Å². The van der Waals surface area contributed by atoms with Gasteiger partial charge in [-0.05, 0) is 44.4 Å². The molecule has 6 fully saturated rings. The van der Waals surface area contributed by atoms with E-state index < -0.39 is 100 Å². The molecule has 370 valence electrons. The van der Waals surface area contributed by atoms with Crippen molar-refractivity contribution in [1.29, 1.82) is 0 Å². The second kappa shape index (κ2) is 22.4. The number of esters is 2. The Kier molecular flexibility index (Phi) is 17.4. The molecule has 15 atom stereocenters. The molecule has 12 nitrogen and oxygen atoms in total. The largest absolute Gasteiger partial charge is 0.455 e. The second-order valence-corrected chi connectivity index (χ2v) is 21.0. The van der Waals surface area contributed by atoms with Crippen molar-refractivity contribution in [2.24, 2.45) is 34.5 Å². The first-order valence-electron chi connectivity index (χ1n) is 25.7. The lowest BCUT2D eigenvalue weighted by Gasteiger charge is -2.70. The van der Waals surface area contributed by atoms with Gasteiger partial charge in [-0.1, -0.05) is 140 Å². The lowest BCUT2D eigenvalue weighted by atomic mass is 9.42. The molecule has 6 aliphatic rings. The van der Waals surface area contributed by atoms with Crippen LogP contribution in [0.25, 0.3) is 0 Å². The van der Waals surface area contributed by atoms with Crippen LogP contribution in [0.4, 0.5) is 0 Å². The van der Waals surface area contributed by atoms with E-state index >= 15 is 0 Å². The highest BCUT2D eigenvalue weighted by molar-refractivity contribution is 5.89. The van der Waals surface area contributed by atoms with Gasteiger partial charge in [0.15, 0.2) is 5.60 Å². The summed E-state index contributed by atoms with van der Waals surface area (Å²) in [4.78, 5) is 30.7. The number of aliphatic hydroxyl groups is 3. The Labute approximate surface area is 395 Å². The number of hydrogen-bond donors (Lipinski definition) is 3. The molecule has 5 saturated carbocycles.